The number of aromatic hydroxyl groups is 1. The van der Waals surface area contributed by atoms with Crippen molar-refractivity contribution in [1.82, 2.24) is 10.6 Å². The molecular weight excluding hydrogens is 272 g/mol. The third-order valence-corrected chi connectivity index (χ3v) is 3.44. The first-order valence-corrected chi connectivity index (χ1v) is 7.21. The Balaban J connectivity index is 1.75. The van der Waals surface area contributed by atoms with Crippen LogP contribution in [0.25, 0.3) is 0 Å². The Bertz CT molecular complexity index is 505. The van der Waals surface area contributed by atoms with Gasteiger partial charge in [-0.05, 0) is 19.4 Å². The molecule has 0 radical (unpaired) electrons. The summed E-state index contributed by atoms with van der Waals surface area (Å²) in [4.78, 5) is 11.6. The number of hydrogen-bond donors (Lipinski definition) is 3. The lowest BCUT2D eigenvalue weighted by Crippen LogP contribution is -2.33. The first-order valence-electron chi connectivity index (χ1n) is 7.21. The van der Waals surface area contributed by atoms with E-state index in [0.29, 0.717) is 31.0 Å². The van der Waals surface area contributed by atoms with E-state index in [4.69, 9.17) is 9.47 Å². The predicted molar refractivity (Wildman–Crippen MR) is 78.4 cm³/mol. The zero-order chi connectivity index (χ0) is 15.2. The van der Waals surface area contributed by atoms with Gasteiger partial charge in [-0.3, -0.25) is 4.79 Å². The summed E-state index contributed by atoms with van der Waals surface area (Å²) >= 11 is 0. The van der Waals surface area contributed by atoms with Crippen molar-refractivity contribution >= 4 is 5.91 Å². The van der Waals surface area contributed by atoms with Gasteiger partial charge in [-0.1, -0.05) is 6.92 Å². The SMILES string of the molecule is CCC(C)NC(=O)CCNCc1cc2c(cc1O)OCO2. The number of carbonyl (C=O) groups is 1. The highest BCUT2D eigenvalue weighted by molar-refractivity contribution is 5.76. The number of nitrogens with one attached hydrogen (secondary N) is 2. The Hall–Kier alpha value is -1.95. The summed E-state index contributed by atoms with van der Waals surface area (Å²) in [5.41, 5.74) is 0.724. The van der Waals surface area contributed by atoms with Crippen LogP contribution in [0.1, 0.15) is 32.3 Å². The molecule has 1 aliphatic rings. The topological polar surface area (TPSA) is 79.8 Å². The number of ether oxygens (including phenoxy) is 2. The van der Waals surface area contributed by atoms with Crippen molar-refractivity contribution in [1.29, 1.82) is 0 Å². The Morgan fingerprint density at radius 1 is 1.38 bits per heavy atom. The quantitative estimate of drug-likeness (QED) is 0.664. The molecule has 1 amide bonds. The lowest BCUT2D eigenvalue weighted by atomic mass is 10.1. The van der Waals surface area contributed by atoms with E-state index in [1.165, 1.54) is 0 Å². The molecule has 1 heterocycles. The van der Waals surface area contributed by atoms with Crippen LogP contribution in [0.2, 0.25) is 0 Å². The molecule has 1 aromatic carbocycles. The smallest absolute Gasteiger partial charge is 0.231 e. The number of amides is 1. The number of phenols is 1. The van der Waals surface area contributed by atoms with Gasteiger partial charge in [-0.15, -0.1) is 0 Å². The third-order valence-electron chi connectivity index (χ3n) is 3.44. The van der Waals surface area contributed by atoms with E-state index in [1.54, 1.807) is 12.1 Å². The maximum absolute atomic E-state index is 11.6. The van der Waals surface area contributed by atoms with Gasteiger partial charge in [0.2, 0.25) is 12.7 Å². The summed E-state index contributed by atoms with van der Waals surface area (Å²) in [7, 11) is 0. The Labute approximate surface area is 124 Å². The zero-order valence-corrected chi connectivity index (χ0v) is 12.4. The Kier molecular flexibility index (Phi) is 5.27. The second-order valence-corrected chi connectivity index (χ2v) is 5.14. The molecule has 1 unspecified atom stereocenters. The van der Waals surface area contributed by atoms with Gasteiger partial charge in [0.1, 0.15) is 5.75 Å². The van der Waals surface area contributed by atoms with Gasteiger partial charge in [-0.2, -0.15) is 0 Å². The van der Waals surface area contributed by atoms with Gasteiger partial charge in [0.15, 0.2) is 11.5 Å². The van der Waals surface area contributed by atoms with Crippen LogP contribution in [0.5, 0.6) is 17.2 Å². The monoisotopic (exact) mass is 294 g/mol. The van der Waals surface area contributed by atoms with Gasteiger partial charge in [0, 0.05) is 37.2 Å². The van der Waals surface area contributed by atoms with Crippen molar-refractivity contribution in [3.8, 4) is 17.2 Å². The van der Waals surface area contributed by atoms with E-state index in [2.05, 4.69) is 10.6 Å². The van der Waals surface area contributed by atoms with Gasteiger partial charge in [0.25, 0.3) is 0 Å². The molecule has 0 aromatic heterocycles. The summed E-state index contributed by atoms with van der Waals surface area (Å²) in [5, 5.41) is 15.9. The Morgan fingerprint density at radius 2 is 2.10 bits per heavy atom. The minimum atomic E-state index is 0.0340. The van der Waals surface area contributed by atoms with Crippen LogP contribution in [0.4, 0.5) is 0 Å². The molecule has 0 spiro atoms. The van der Waals surface area contributed by atoms with Crippen molar-refractivity contribution in [3.63, 3.8) is 0 Å². The minimum absolute atomic E-state index is 0.0340. The molecule has 6 nitrogen and oxygen atoms in total. The van der Waals surface area contributed by atoms with Crippen molar-refractivity contribution in [2.75, 3.05) is 13.3 Å². The van der Waals surface area contributed by atoms with E-state index in [-0.39, 0.29) is 24.5 Å². The lowest BCUT2D eigenvalue weighted by molar-refractivity contribution is -0.121. The number of carbonyl (C=O) groups excluding carboxylic acids is 1. The average Bonchev–Trinajstić information content (AvgIpc) is 2.90. The van der Waals surface area contributed by atoms with Gasteiger partial charge in [-0.25, -0.2) is 0 Å². The fraction of sp³-hybridized carbons (Fsp3) is 0.533. The minimum Gasteiger partial charge on any atom is -0.507 e. The molecule has 0 saturated heterocycles. The number of benzene rings is 1. The normalized spacial score (nSPS) is 14.0. The van der Waals surface area contributed by atoms with E-state index < -0.39 is 0 Å². The molecular formula is C15H22N2O4. The summed E-state index contributed by atoms with van der Waals surface area (Å²) in [5.74, 6) is 1.39. The van der Waals surface area contributed by atoms with Crippen molar-refractivity contribution in [2.45, 2.75) is 39.3 Å². The van der Waals surface area contributed by atoms with Crippen LogP contribution in [0, 0.1) is 0 Å². The standard InChI is InChI=1S/C15H22N2O4/c1-3-10(2)17-15(19)4-5-16-8-11-6-13-14(7-12(11)18)21-9-20-13/h6-7,10,16,18H,3-5,8-9H2,1-2H3,(H,17,19). The van der Waals surface area contributed by atoms with Crippen LogP contribution >= 0.6 is 0 Å². The second-order valence-electron chi connectivity index (χ2n) is 5.14. The van der Waals surface area contributed by atoms with E-state index in [9.17, 15) is 9.90 Å². The summed E-state index contributed by atoms with van der Waals surface area (Å²) < 4.78 is 10.5. The molecule has 2 rings (SSSR count). The summed E-state index contributed by atoms with van der Waals surface area (Å²) in [6.07, 6.45) is 1.33. The summed E-state index contributed by atoms with van der Waals surface area (Å²) in [6.45, 7) is 5.22. The number of rotatable bonds is 7. The average molecular weight is 294 g/mol. The maximum atomic E-state index is 11.6. The fourth-order valence-electron chi connectivity index (χ4n) is 1.99. The van der Waals surface area contributed by atoms with Crippen LogP contribution in [0.15, 0.2) is 12.1 Å². The molecule has 21 heavy (non-hydrogen) atoms. The number of fused-ring (bicyclic) bond motifs is 1. The van der Waals surface area contributed by atoms with Crippen LogP contribution in [0.3, 0.4) is 0 Å². The molecule has 0 fully saturated rings. The van der Waals surface area contributed by atoms with Crippen LogP contribution < -0.4 is 20.1 Å². The highest BCUT2D eigenvalue weighted by atomic mass is 16.7. The highest BCUT2D eigenvalue weighted by Gasteiger charge is 2.16. The molecule has 1 atom stereocenters. The van der Waals surface area contributed by atoms with Crippen molar-refractivity contribution in [3.05, 3.63) is 17.7 Å². The Morgan fingerprint density at radius 3 is 2.81 bits per heavy atom. The first-order chi connectivity index (χ1) is 10.1. The first kappa shape index (κ1) is 15.4. The van der Waals surface area contributed by atoms with Gasteiger partial charge < -0.3 is 25.2 Å². The lowest BCUT2D eigenvalue weighted by Gasteiger charge is -2.12. The van der Waals surface area contributed by atoms with E-state index in [0.717, 1.165) is 12.0 Å². The second kappa shape index (κ2) is 7.17. The molecule has 3 N–H and O–H groups in total. The van der Waals surface area contributed by atoms with Gasteiger partial charge >= 0.3 is 0 Å². The molecule has 1 aromatic rings. The van der Waals surface area contributed by atoms with Crippen LogP contribution in [-0.4, -0.2) is 30.4 Å². The molecule has 116 valence electrons. The third kappa shape index (κ3) is 4.26. The molecule has 0 bridgehead atoms. The van der Waals surface area contributed by atoms with Crippen molar-refractivity contribution in [2.24, 2.45) is 0 Å². The predicted octanol–water partition coefficient (Wildman–Crippen LogP) is 1.52. The summed E-state index contributed by atoms with van der Waals surface area (Å²) in [6, 6.07) is 3.51. The molecule has 6 heteroatoms. The fourth-order valence-corrected chi connectivity index (χ4v) is 1.99. The number of phenolic OH excluding ortho intramolecular Hbond substituents is 1. The molecule has 1 aliphatic heterocycles. The maximum Gasteiger partial charge on any atom is 0.231 e. The number of hydrogen-bond acceptors (Lipinski definition) is 5. The zero-order valence-electron chi connectivity index (χ0n) is 12.4. The molecule has 0 saturated carbocycles. The highest BCUT2D eigenvalue weighted by Crippen LogP contribution is 2.37. The van der Waals surface area contributed by atoms with Gasteiger partial charge in [0.05, 0.1) is 0 Å². The largest absolute Gasteiger partial charge is 0.507 e. The van der Waals surface area contributed by atoms with E-state index in [1.807, 2.05) is 13.8 Å². The molecule has 0 aliphatic carbocycles. The van der Waals surface area contributed by atoms with Crippen molar-refractivity contribution < 1.29 is 19.4 Å². The van der Waals surface area contributed by atoms with E-state index >= 15 is 0 Å². The van der Waals surface area contributed by atoms with Crippen LogP contribution in [-0.2, 0) is 11.3 Å².